The maximum Gasteiger partial charge on any atom is 0.326 e. The summed E-state index contributed by atoms with van der Waals surface area (Å²) >= 11 is 0. The number of rotatable bonds is 16. The number of hydrogen-bond acceptors (Lipinski definition) is 2. The largest absolute Gasteiger partial charge is 0.480 e. The molecule has 4 nitrogen and oxygen atoms in total. The number of carbonyl (C=O) groups is 2. The summed E-state index contributed by atoms with van der Waals surface area (Å²) in [5, 5.41) is 11.7. The van der Waals surface area contributed by atoms with E-state index in [9.17, 15) is 9.59 Å². The van der Waals surface area contributed by atoms with Gasteiger partial charge in [0, 0.05) is 6.42 Å². The van der Waals surface area contributed by atoms with Crippen molar-refractivity contribution in [2.75, 3.05) is 0 Å². The Kier molecular flexibility index (Phi) is 17.4. The van der Waals surface area contributed by atoms with Gasteiger partial charge in [-0.05, 0) is 50.9 Å². The summed E-state index contributed by atoms with van der Waals surface area (Å²) in [6.45, 7) is 5.71. The number of carboxylic acids is 1. The Balaban J connectivity index is 3.73. The fourth-order valence-electron chi connectivity index (χ4n) is 2.51. The van der Waals surface area contributed by atoms with Crippen LogP contribution in [-0.2, 0) is 9.59 Å². The molecule has 0 aliphatic rings. The fourth-order valence-corrected chi connectivity index (χ4v) is 2.51. The first-order valence-electron chi connectivity index (χ1n) is 10.8. The Hall–Kier alpha value is -2.36. The van der Waals surface area contributed by atoms with Crippen LogP contribution in [0.3, 0.4) is 0 Å². The van der Waals surface area contributed by atoms with Crippen molar-refractivity contribution < 1.29 is 14.7 Å². The predicted molar refractivity (Wildman–Crippen MR) is 123 cm³/mol. The summed E-state index contributed by atoms with van der Waals surface area (Å²) in [5.74, 6) is -1.30. The lowest BCUT2D eigenvalue weighted by molar-refractivity contribution is -0.143. The maximum absolute atomic E-state index is 11.8. The molecule has 0 heterocycles. The van der Waals surface area contributed by atoms with Crippen molar-refractivity contribution in [3.8, 4) is 0 Å². The number of carboxylic acid groups (broad SMARTS) is 1. The Labute approximate surface area is 177 Å². The highest BCUT2D eigenvalue weighted by Gasteiger charge is 2.22. The molecule has 0 aromatic heterocycles. The molecule has 2 N–H and O–H groups in total. The van der Waals surface area contributed by atoms with Crippen molar-refractivity contribution in [2.24, 2.45) is 5.92 Å². The minimum atomic E-state index is -0.980. The molecule has 0 aromatic rings. The van der Waals surface area contributed by atoms with E-state index >= 15 is 0 Å². The minimum Gasteiger partial charge on any atom is -0.480 e. The van der Waals surface area contributed by atoms with Gasteiger partial charge in [0.15, 0.2) is 0 Å². The van der Waals surface area contributed by atoms with E-state index in [1.807, 2.05) is 0 Å². The van der Waals surface area contributed by atoms with E-state index in [2.05, 4.69) is 73.0 Å². The van der Waals surface area contributed by atoms with Gasteiger partial charge in [0.1, 0.15) is 6.04 Å². The number of amides is 1. The van der Waals surface area contributed by atoms with Gasteiger partial charge in [0.25, 0.3) is 0 Å². The van der Waals surface area contributed by atoms with Crippen LogP contribution in [0.15, 0.2) is 60.8 Å². The third kappa shape index (κ3) is 17.5. The zero-order valence-corrected chi connectivity index (χ0v) is 18.3. The zero-order valence-electron chi connectivity index (χ0n) is 18.3. The van der Waals surface area contributed by atoms with Crippen molar-refractivity contribution in [1.29, 1.82) is 0 Å². The van der Waals surface area contributed by atoms with Gasteiger partial charge in [0.2, 0.25) is 5.91 Å². The van der Waals surface area contributed by atoms with Crippen LogP contribution in [0.4, 0.5) is 0 Å². The van der Waals surface area contributed by atoms with E-state index in [-0.39, 0.29) is 11.8 Å². The molecule has 1 amide bonds. The van der Waals surface area contributed by atoms with Crippen LogP contribution in [0.1, 0.15) is 72.1 Å². The minimum absolute atomic E-state index is 0.123. The molecule has 0 fully saturated rings. The van der Waals surface area contributed by atoms with Crippen LogP contribution in [0.2, 0.25) is 0 Å². The molecule has 0 unspecified atom stereocenters. The average Bonchev–Trinajstić information content (AvgIpc) is 2.68. The summed E-state index contributed by atoms with van der Waals surface area (Å²) in [4.78, 5) is 22.9. The lowest BCUT2D eigenvalue weighted by Crippen LogP contribution is -2.44. The van der Waals surface area contributed by atoms with Gasteiger partial charge in [0.05, 0.1) is 0 Å². The first-order valence-corrected chi connectivity index (χ1v) is 10.8. The Morgan fingerprint density at radius 2 is 1.24 bits per heavy atom. The quantitative estimate of drug-likeness (QED) is 0.241. The van der Waals surface area contributed by atoms with Gasteiger partial charge >= 0.3 is 5.97 Å². The number of nitrogens with one attached hydrogen (secondary N) is 1. The lowest BCUT2D eigenvalue weighted by atomic mass is 10.0. The van der Waals surface area contributed by atoms with E-state index in [4.69, 9.17) is 5.11 Å². The normalized spacial score (nSPS) is 13.7. The molecule has 0 spiro atoms. The molecule has 162 valence electrons. The van der Waals surface area contributed by atoms with Crippen molar-refractivity contribution >= 4 is 11.9 Å². The molecule has 0 aliphatic carbocycles. The molecule has 0 rings (SSSR count). The molecule has 0 aromatic carbocycles. The van der Waals surface area contributed by atoms with Crippen LogP contribution < -0.4 is 5.32 Å². The summed E-state index contributed by atoms with van der Waals surface area (Å²) in [7, 11) is 0. The van der Waals surface area contributed by atoms with Crippen molar-refractivity contribution in [1.82, 2.24) is 5.32 Å². The summed E-state index contributed by atoms with van der Waals surface area (Å²) in [6.07, 6.45) is 28.4. The molecule has 0 saturated heterocycles. The number of allylic oxidation sites excluding steroid dienone is 10. The summed E-state index contributed by atoms with van der Waals surface area (Å²) < 4.78 is 0. The second-order valence-corrected chi connectivity index (χ2v) is 7.23. The molecule has 0 bridgehead atoms. The first kappa shape index (κ1) is 26.6. The van der Waals surface area contributed by atoms with E-state index in [1.165, 1.54) is 0 Å². The molecular formula is C25H39NO3. The van der Waals surface area contributed by atoms with E-state index in [1.54, 1.807) is 13.8 Å². The SMILES string of the molecule is CC/C=C\C/C=C\C/C=C\C/C=C\C/C=C\CCCC(=O)N[C@H](C(=O)O)C(C)C. The molecule has 1 atom stereocenters. The van der Waals surface area contributed by atoms with Gasteiger partial charge in [-0.15, -0.1) is 0 Å². The van der Waals surface area contributed by atoms with Crippen LogP contribution in [0, 0.1) is 5.92 Å². The van der Waals surface area contributed by atoms with Gasteiger partial charge in [-0.25, -0.2) is 4.79 Å². The Morgan fingerprint density at radius 1 is 0.793 bits per heavy atom. The van der Waals surface area contributed by atoms with Gasteiger partial charge in [-0.2, -0.15) is 0 Å². The number of hydrogen-bond donors (Lipinski definition) is 2. The molecule has 0 aliphatic heterocycles. The second kappa shape index (κ2) is 19.0. The van der Waals surface area contributed by atoms with Crippen LogP contribution in [-0.4, -0.2) is 23.0 Å². The van der Waals surface area contributed by atoms with Gasteiger partial charge in [-0.1, -0.05) is 81.5 Å². The van der Waals surface area contributed by atoms with E-state index in [0.717, 1.165) is 44.9 Å². The highest BCUT2D eigenvalue weighted by molar-refractivity contribution is 5.83. The highest BCUT2D eigenvalue weighted by Crippen LogP contribution is 2.04. The third-order valence-corrected chi connectivity index (χ3v) is 4.18. The van der Waals surface area contributed by atoms with Crippen molar-refractivity contribution in [2.45, 2.75) is 78.2 Å². The molecule has 0 radical (unpaired) electrons. The summed E-state index contributed by atoms with van der Waals surface area (Å²) in [5.41, 5.74) is 0. The van der Waals surface area contributed by atoms with Crippen LogP contribution in [0.5, 0.6) is 0 Å². The van der Waals surface area contributed by atoms with Crippen LogP contribution in [0.25, 0.3) is 0 Å². The maximum atomic E-state index is 11.8. The number of carbonyl (C=O) groups excluding carboxylic acids is 1. The first-order chi connectivity index (χ1) is 14.0. The van der Waals surface area contributed by atoms with E-state index < -0.39 is 12.0 Å². The molecule has 29 heavy (non-hydrogen) atoms. The second-order valence-electron chi connectivity index (χ2n) is 7.23. The monoisotopic (exact) mass is 401 g/mol. The standard InChI is InChI=1S/C25H39NO3/c1-4-5-6-7-8-9-10-11-12-13-14-15-16-17-18-19-20-21-23(27)26-24(22(2)3)25(28)29/h5-6,8-9,11-12,14-15,17-18,22,24H,4,7,10,13,16,19-21H2,1-3H3,(H,26,27)(H,28,29)/b6-5-,9-8-,12-11-,15-14-,18-17-/t24-/m0/s1. The van der Waals surface area contributed by atoms with Crippen LogP contribution >= 0.6 is 0 Å². The Bertz CT molecular complexity index is 583. The number of aliphatic carboxylic acids is 1. The van der Waals surface area contributed by atoms with Crippen molar-refractivity contribution in [3.05, 3.63) is 60.8 Å². The molecular weight excluding hydrogens is 362 g/mol. The predicted octanol–water partition coefficient (Wildman–Crippen LogP) is 6.13. The van der Waals surface area contributed by atoms with Gasteiger partial charge in [-0.3, -0.25) is 4.79 Å². The Morgan fingerprint density at radius 3 is 1.66 bits per heavy atom. The third-order valence-electron chi connectivity index (χ3n) is 4.18. The fraction of sp³-hybridized carbons (Fsp3) is 0.520. The average molecular weight is 402 g/mol. The molecule has 0 saturated carbocycles. The smallest absolute Gasteiger partial charge is 0.326 e. The topological polar surface area (TPSA) is 66.4 Å². The number of unbranched alkanes of at least 4 members (excludes halogenated alkanes) is 1. The summed E-state index contributed by atoms with van der Waals surface area (Å²) in [6, 6.07) is -0.809. The zero-order chi connectivity index (χ0) is 21.7. The van der Waals surface area contributed by atoms with Crippen molar-refractivity contribution in [3.63, 3.8) is 0 Å². The highest BCUT2D eigenvalue weighted by atomic mass is 16.4. The van der Waals surface area contributed by atoms with Gasteiger partial charge < -0.3 is 10.4 Å². The van der Waals surface area contributed by atoms with E-state index in [0.29, 0.717) is 6.42 Å². The lowest BCUT2D eigenvalue weighted by Gasteiger charge is -2.17. The molecule has 4 heteroatoms.